The first-order valence-corrected chi connectivity index (χ1v) is 12.0. The highest BCUT2D eigenvalue weighted by Gasteiger charge is 2.61. The van der Waals surface area contributed by atoms with Crippen LogP contribution in [-0.2, 0) is 15.1 Å². The van der Waals surface area contributed by atoms with E-state index in [-0.39, 0.29) is 22.9 Å². The highest BCUT2D eigenvalue weighted by Crippen LogP contribution is 2.64. The third kappa shape index (κ3) is 3.44. The number of hydrogen-bond acceptors (Lipinski definition) is 6. The fraction of sp³-hybridized carbons (Fsp3) is 0.667. The predicted molar refractivity (Wildman–Crippen MR) is 117 cm³/mol. The van der Waals surface area contributed by atoms with Crippen LogP contribution in [-0.4, -0.2) is 63.4 Å². The van der Waals surface area contributed by atoms with Crippen molar-refractivity contribution >= 4 is 5.91 Å². The Morgan fingerprint density at radius 3 is 2.69 bits per heavy atom. The van der Waals surface area contributed by atoms with Crippen LogP contribution in [0.2, 0.25) is 0 Å². The molecule has 1 amide bonds. The van der Waals surface area contributed by atoms with Gasteiger partial charge in [0.25, 0.3) is 0 Å². The lowest BCUT2D eigenvalue weighted by molar-refractivity contribution is -0.156. The molecule has 0 radical (unpaired) electrons. The summed E-state index contributed by atoms with van der Waals surface area (Å²) >= 11 is 0. The molecule has 8 heteroatoms. The topological polar surface area (TPSA) is 85.2 Å². The SMILES string of the molecule is O=C(NCC(c1ccccn1)N1CCOCC1)C12CC3CC(C1)CC(n1cncn1)(C3)C2. The molecule has 4 bridgehead atoms. The zero-order valence-corrected chi connectivity index (χ0v) is 18.5. The summed E-state index contributed by atoms with van der Waals surface area (Å²) in [6.07, 6.45) is 11.8. The number of carbonyl (C=O) groups excluding carboxylic acids is 1. The maximum absolute atomic E-state index is 13.8. The molecule has 3 heterocycles. The zero-order chi connectivity index (χ0) is 21.6. The average Bonchev–Trinajstić information content (AvgIpc) is 3.36. The Kier molecular flexibility index (Phi) is 5.02. The number of amides is 1. The van der Waals surface area contributed by atoms with Gasteiger partial charge in [-0.2, -0.15) is 5.10 Å². The lowest BCUT2D eigenvalue weighted by Crippen LogP contribution is -2.61. The van der Waals surface area contributed by atoms with Gasteiger partial charge in [0.15, 0.2) is 0 Å². The van der Waals surface area contributed by atoms with Crippen LogP contribution >= 0.6 is 0 Å². The van der Waals surface area contributed by atoms with Gasteiger partial charge >= 0.3 is 0 Å². The summed E-state index contributed by atoms with van der Waals surface area (Å²) < 4.78 is 7.63. The molecule has 4 saturated carbocycles. The van der Waals surface area contributed by atoms with Gasteiger partial charge in [-0.1, -0.05) is 6.07 Å². The molecule has 1 saturated heterocycles. The molecule has 2 aromatic rings. The number of morpholine rings is 1. The normalized spacial score (nSPS) is 35.0. The van der Waals surface area contributed by atoms with Crippen molar-refractivity contribution in [3.05, 3.63) is 42.7 Å². The fourth-order valence-electron chi connectivity index (χ4n) is 7.46. The van der Waals surface area contributed by atoms with Crippen LogP contribution in [0.4, 0.5) is 0 Å². The molecule has 0 spiro atoms. The van der Waals surface area contributed by atoms with Crippen LogP contribution in [0.3, 0.4) is 0 Å². The van der Waals surface area contributed by atoms with Crippen LogP contribution in [0.5, 0.6) is 0 Å². The van der Waals surface area contributed by atoms with Crippen molar-refractivity contribution in [1.82, 2.24) is 30.0 Å². The molecular formula is C24H32N6O2. The molecule has 3 unspecified atom stereocenters. The van der Waals surface area contributed by atoms with E-state index in [1.54, 1.807) is 6.33 Å². The molecule has 7 rings (SSSR count). The van der Waals surface area contributed by atoms with Crippen molar-refractivity contribution in [2.75, 3.05) is 32.8 Å². The Labute approximate surface area is 188 Å². The number of rotatable bonds is 6. The molecule has 4 aliphatic carbocycles. The minimum atomic E-state index is -0.282. The van der Waals surface area contributed by atoms with Crippen LogP contribution in [0, 0.1) is 17.3 Å². The standard InChI is InChI=1S/C24H32N6O2/c31-22(27-14-21(20-3-1-2-4-26-20)29-5-7-32-8-6-29)23-10-18-9-19(11-23)13-24(12-18,15-23)30-17-25-16-28-30/h1-4,16-19,21H,5-15H2,(H,27,31). The van der Waals surface area contributed by atoms with Crippen molar-refractivity contribution in [2.45, 2.75) is 50.1 Å². The van der Waals surface area contributed by atoms with E-state index in [4.69, 9.17) is 4.74 Å². The number of nitrogens with zero attached hydrogens (tertiary/aromatic N) is 5. The van der Waals surface area contributed by atoms with Crippen molar-refractivity contribution in [3.63, 3.8) is 0 Å². The maximum Gasteiger partial charge on any atom is 0.226 e. The van der Waals surface area contributed by atoms with E-state index in [2.05, 4.69) is 36.0 Å². The summed E-state index contributed by atoms with van der Waals surface area (Å²) in [4.78, 5) is 25.0. The van der Waals surface area contributed by atoms with Gasteiger partial charge in [0, 0.05) is 25.8 Å². The van der Waals surface area contributed by atoms with E-state index in [0.717, 1.165) is 64.1 Å². The van der Waals surface area contributed by atoms with E-state index in [9.17, 15) is 4.79 Å². The molecule has 5 fully saturated rings. The second-order valence-electron chi connectivity index (χ2n) is 10.4. The Balaban J connectivity index is 1.22. The summed E-state index contributed by atoms with van der Waals surface area (Å²) in [7, 11) is 0. The van der Waals surface area contributed by atoms with Gasteiger partial charge < -0.3 is 10.1 Å². The molecule has 5 aliphatic rings. The number of aromatic nitrogens is 4. The molecule has 8 nitrogen and oxygen atoms in total. The number of carbonyl (C=O) groups is 1. The van der Waals surface area contributed by atoms with Gasteiger partial charge in [-0.15, -0.1) is 0 Å². The van der Waals surface area contributed by atoms with E-state index >= 15 is 0 Å². The molecular weight excluding hydrogens is 404 g/mol. The number of pyridine rings is 1. The van der Waals surface area contributed by atoms with Crippen molar-refractivity contribution in [2.24, 2.45) is 17.3 Å². The van der Waals surface area contributed by atoms with Crippen molar-refractivity contribution in [1.29, 1.82) is 0 Å². The number of ether oxygens (including phenoxy) is 1. The Morgan fingerprint density at radius 1 is 1.19 bits per heavy atom. The van der Waals surface area contributed by atoms with Crippen LogP contribution in [0.1, 0.15) is 50.3 Å². The van der Waals surface area contributed by atoms with Crippen LogP contribution in [0.15, 0.2) is 37.1 Å². The molecule has 0 aromatic carbocycles. The Bertz CT molecular complexity index is 929. The average molecular weight is 437 g/mol. The minimum absolute atomic E-state index is 0.0392. The highest BCUT2D eigenvalue weighted by atomic mass is 16.5. The van der Waals surface area contributed by atoms with Crippen LogP contribution < -0.4 is 5.32 Å². The summed E-state index contributed by atoms with van der Waals surface area (Å²) in [5.41, 5.74) is 0.692. The predicted octanol–water partition coefficient (Wildman–Crippen LogP) is 2.16. The van der Waals surface area contributed by atoms with Crippen molar-refractivity contribution < 1.29 is 9.53 Å². The quantitative estimate of drug-likeness (QED) is 0.747. The first-order chi connectivity index (χ1) is 15.7. The molecule has 170 valence electrons. The zero-order valence-electron chi connectivity index (χ0n) is 18.5. The van der Waals surface area contributed by atoms with Gasteiger partial charge in [0.1, 0.15) is 12.7 Å². The lowest BCUT2D eigenvalue weighted by Gasteiger charge is -2.61. The summed E-state index contributed by atoms with van der Waals surface area (Å²) in [5.74, 6) is 1.44. The highest BCUT2D eigenvalue weighted by molar-refractivity contribution is 5.83. The van der Waals surface area contributed by atoms with Gasteiger partial charge in [0.05, 0.1) is 35.9 Å². The Hall–Kier alpha value is -2.32. The summed E-state index contributed by atoms with van der Waals surface area (Å²) in [5, 5.41) is 7.91. The molecule has 3 atom stereocenters. The Morgan fingerprint density at radius 2 is 2.00 bits per heavy atom. The van der Waals surface area contributed by atoms with Gasteiger partial charge in [-0.3, -0.25) is 14.7 Å². The minimum Gasteiger partial charge on any atom is -0.379 e. The lowest BCUT2D eigenvalue weighted by atomic mass is 9.46. The smallest absolute Gasteiger partial charge is 0.226 e. The van der Waals surface area contributed by atoms with Gasteiger partial charge in [0.2, 0.25) is 5.91 Å². The van der Waals surface area contributed by atoms with E-state index in [0.29, 0.717) is 18.4 Å². The van der Waals surface area contributed by atoms with Gasteiger partial charge in [-0.25, -0.2) is 9.67 Å². The molecule has 2 aromatic heterocycles. The van der Waals surface area contributed by atoms with Crippen molar-refractivity contribution in [3.8, 4) is 0 Å². The van der Waals surface area contributed by atoms with E-state index in [1.807, 2.05) is 24.7 Å². The summed E-state index contributed by atoms with van der Waals surface area (Å²) in [6, 6.07) is 6.11. The first-order valence-electron chi connectivity index (χ1n) is 12.0. The van der Waals surface area contributed by atoms with Crippen LogP contribution in [0.25, 0.3) is 0 Å². The second kappa shape index (κ2) is 7.92. The second-order valence-corrected chi connectivity index (χ2v) is 10.4. The maximum atomic E-state index is 13.8. The number of hydrogen-bond donors (Lipinski definition) is 1. The van der Waals surface area contributed by atoms with E-state index < -0.39 is 0 Å². The van der Waals surface area contributed by atoms with Gasteiger partial charge in [-0.05, 0) is 62.5 Å². The monoisotopic (exact) mass is 436 g/mol. The third-order valence-corrected chi connectivity index (χ3v) is 8.39. The molecule has 1 N–H and O–H groups in total. The fourth-order valence-corrected chi connectivity index (χ4v) is 7.46. The van der Waals surface area contributed by atoms with E-state index in [1.165, 1.54) is 6.42 Å². The summed E-state index contributed by atoms with van der Waals surface area (Å²) in [6.45, 7) is 3.77. The molecule has 1 aliphatic heterocycles. The number of nitrogens with one attached hydrogen (secondary N) is 1. The first kappa shape index (κ1) is 20.3. The third-order valence-electron chi connectivity index (χ3n) is 8.39. The molecule has 32 heavy (non-hydrogen) atoms. The largest absolute Gasteiger partial charge is 0.379 e.